The van der Waals surface area contributed by atoms with Crippen LogP contribution < -0.4 is 10.2 Å². The largest absolute Gasteiger partial charge is 0.358 e. The second-order valence-corrected chi connectivity index (χ2v) is 9.75. The Hall–Kier alpha value is -5.15. The average Bonchev–Trinajstić information content (AvgIpc) is 3.43. The van der Waals surface area contributed by atoms with Crippen molar-refractivity contribution in [2.45, 2.75) is 6.17 Å². The van der Waals surface area contributed by atoms with Gasteiger partial charge in [-0.3, -0.25) is 4.98 Å². The van der Waals surface area contributed by atoms with E-state index in [1.807, 2.05) is 12.3 Å². The molecule has 0 saturated carbocycles. The molecular formula is C36H27N3. The topological polar surface area (TPSA) is 28.2 Å². The SMILES string of the molecule is c1ccc(-c2cc(-c3ccccc3)cc(C3Nc4c(ccnc4-c4ccccc4)N3c3ccccc3)c2)cc1. The lowest BCUT2D eigenvalue weighted by Gasteiger charge is -2.28. The summed E-state index contributed by atoms with van der Waals surface area (Å²) in [6.07, 6.45) is 1.80. The maximum Gasteiger partial charge on any atom is 0.130 e. The molecule has 0 fully saturated rings. The number of rotatable bonds is 5. The van der Waals surface area contributed by atoms with Gasteiger partial charge >= 0.3 is 0 Å². The van der Waals surface area contributed by atoms with Crippen molar-refractivity contribution in [2.24, 2.45) is 0 Å². The van der Waals surface area contributed by atoms with E-state index in [-0.39, 0.29) is 6.17 Å². The Bertz CT molecular complexity index is 1660. The molecule has 0 radical (unpaired) electrons. The van der Waals surface area contributed by atoms with Crippen LogP contribution in [0.1, 0.15) is 11.7 Å². The molecule has 0 spiro atoms. The molecule has 1 N–H and O–H groups in total. The van der Waals surface area contributed by atoms with E-state index in [0.717, 1.165) is 28.3 Å². The van der Waals surface area contributed by atoms with Crippen LogP contribution in [0.4, 0.5) is 17.1 Å². The third-order valence-corrected chi connectivity index (χ3v) is 7.29. The number of para-hydroxylation sites is 1. The maximum atomic E-state index is 4.82. The predicted molar refractivity (Wildman–Crippen MR) is 162 cm³/mol. The van der Waals surface area contributed by atoms with Crippen LogP contribution in [0.2, 0.25) is 0 Å². The molecule has 7 rings (SSSR count). The standard InChI is InChI=1S/C36H27N3/c1-5-13-26(14-6-1)29-23-30(27-15-7-2-8-16-27)25-31(24-29)36-38-35-33(39(36)32-19-11-4-12-20-32)21-22-37-34(35)28-17-9-3-10-18-28/h1-25,36,38H. The van der Waals surface area contributed by atoms with Gasteiger partial charge < -0.3 is 10.2 Å². The molecule has 186 valence electrons. The summed E-state index contributed by atoms with van der Waals surface area (Å²) in [6, 6.07) is 51.3. The lowest BCUT2D eigenvalue weighted by Crippen LogP contribution is -2.23. The molecule has 3 nitrogen and oxygen atoms in total. The summed E-state index contributed by atoms with van der Waals surface area (Å²) in [5.41, 5.74) is 11.3. The van der Waals surface area contributed by atoms with Crippen LogP contribution in [0.15, 0.2) is 152 Å². The molecule has 1 aromatic heterocycles. The van der Waals surface area contributed by atoms with Gasteiger partial charge in [0.1, 0.15) is 6.17 Å². The Kier molecular flexibility index (Phi) is 5.87. The molecule has 1 aliphatic heterocycles. The fraction of sp³-hybridized carbons (Fsp3) is 0.0278. The number of aromatic nitrogens is 1. The molecule has 5 aromatic carbocycles. The van der Waals surface area contributed by atoms with Gasteiger partial charge in [-0.2, -0.15) is 0 Å². The number of benzene rings is 5. The Morgan fingerprint density at radius 2 is 1.03 bits per heavy atom. The van der Waals surface area contributed by atoms with Crippen molar-refractivity contribution in [1.82, 2.24) is 4.98 Å². The second-order valence-electron chi connectivity index (χ2n) is 9.75. The number of nitrogens with one attached hydrogen (secondary N) is 1. The van der Waals surface area contributed by atoms with Crippen molar-refractivity contribution in [2.75, 3.05) is 10.2 Å². The van der Waals surface area contributed by atoms with E-state index in [4.69, 9.17) is 4.98 Å². The highest BCUT2D eigenvalue weighted by molar-refractivity contribution is 5.92. The minimum atomic E-state index is -0.111. The van der Waals surface area contributed by atoms with E-state index in [0.29, 0.717) is 0 Å². The van der Waals surface area contributed by atoms with Crippen LogP contribution in [-0.2, 0) is 0 Å². The van der Waals surface area contributed by atoms with Crippen LogP contribution in [0.5, 0.6) is 0 Å². The molecule has 3 heteroatoms. The van der Waals surface area contributed by atoms with Gasteiger partial charge in [0.25, 0.3) is 0 Å². The van der Waals surface area contributed by atoms with Crippen molar-refractivity contribution in [3.63, 3.8) is 0 Å². The molecule has 1 unspecified atom stereocenters. The Morgan fingerprint density at radius 1 is 0.513 bits per heavy atom. The summed E-state index contributed by atoms with van der Waals surface area (Å²) in [6.45, 7) is 0. The zero-order valence-electron chi connectivity index (χ0n) is 21.4. The van der Waals surface area contributed by atoms with E-state index in [1.165, 1.54) is 27.8 Å². The van der Waals surface area contributed by atoms with Gasteiger partial charge in [0, 0.05) is 17.4 Å². The summed E-state index contributed by atoms with van der Waals surface area (Å²) in [7, 11) is 0. The van der Waals surface area contributed by atoms with Gasteiger partial charge in [-0.15, -0.1) is 0 Å². The maximum absolute atomic E-state index is 4.82. The summed E-state index contributed by atoms with van der Waals surface area (Å²) >= 11 is 0. The molecule has 39 heavy (non-hydrogen) atoms. The molecule has 6 aromatic rings. The zero-order valence-corrected chi connectivity index (χ0v) is 21.4. The number of fused-ring (bicyclic) bond motifs is 1. The van der Waals surface area contributed by atoms with Gasteiger partial charge in [0.15, 0.2) is 0 Å². The van der Waals surface area contributed by atoms with Gasteiger partial charge in [-0.1, -0.05) is 109 Å². The van der Waals surface area contributed by atoms with Crippen LogP contribution in [0.3, 0.4) is 0 Å². The third-order valence-electron chi connectivity index (χ3n) is 7.29. The van der Waals surface area contributed by atoms with Crippen LogP contribution in [0, 0.1) is 0 Å². The summed E-state index contributed by atoms with van der Waals surface area (Å²) < 4.78 is 0. The van der Waals surface area contributed by atoms with Crippen LogP contribution in [-0.4, -0.2) is 4.98 Å². The average molecular weight is 502 g/mol. The normalized spacial score (nSPS) is 14.1. The summed E-state index contributed by atoms with van der Waals surface area (Å²) in [5.74, 6) is 0. The quantitative estimate of drug-likeness (QED) is 0.255. The molecule has 0 aliphatic carbocycles. The first kappa shape index (κ1) is 23.0. The smallest absolute Gasteiger partial charge is 0.130 e. The lowest BCUT2D eigenvalue weighted by molar-refractivity contribution is 0.829. The van der Waals surface area contributed by atoms with E-state index in [2.05, 4.69) is 150 Å². The van der Waals surface area contributed by atoms with Crippen molar-refractivity contribution in [3.8, 4) is 33.5 Å². The number of hydrogen-bond donors (Lipinski definition) is 1. The molecular weight excluding hydrogens is 474 g/mol. The first-order valence-corrected chi connectivity index (χ1v) is 13.3. The first-order valence-electron chi connectivity index (χ1n) is 13.3. The summed E-state index contributed by atoms with van der Waals surface area (Å²) in [5, 5.41) is 3.89. The highest BCUT2D eigenvalue weighted by Gasteiger charge is 2.34. The molecule has 1 atom stereocenters. The molecule has 1 aliphatic rings. The van der Waals surface area contributed by atoms with Gasteiger partial charge in [0.05, 0.1) is 17.1 Å². The third kappa shape index (κ3) is 4.34. The Balaban J connectivity index is 1.43. The highest BCUT2D eigenvalue weighted by Crippen LogP contribution is 2.49. The van der Waals surface area contributed by atoms with Crippen molar-refractivity contribution in [3.05, 3.63) is 157 Å². The number of hydrogen-bond acceptors (Lipinski definition) is 3. The molecule has 0 saturated heterocycles. The van der Waals surface area contributed by atoms with Crippen molar-refractivity contribution in [1.29, 1.82) is 0 Å². The lowest BCUT2D eigenvalue weighted by atomic mass is 9.95. The minimum absolute atomic E-state index is 0.111. The van der Waals surface area contributed by atoms with Gasteiger partial charge in [0.2, 0.25) is 0 Å². The zero-order chi connectivity index (χ0) is 26.0. The number of anilines is 3. The highest BCUT2D eigenvalue weighted by atomic mass is 15.3. The van der Waals surface area contributed by atoms with E-state index in [9.17, 15) is 0 Å². The first-order chi connectivity index (χ1) is 19.3. The minimum Gasteiger partial charge on any atom is -0.358 e. The van der Waals surface area contributed by atoms with Crippen LogP contribution in [0.25, 0.3) is 33.5 Å². The van der Waals surface area contributed by atoms with Gasteiger partial charge in [-0.25, -0.2) is 0 Å². The van der Waals surface area contributed by atoms with E-state index in [1.54, 1.807) is 0 Å². The fourth-order valence-corrected chi connectivity index (χ4v) is 5.46. The number of pyridine rings is 1. The summed E-state index contributed by atoms with van der Waals surface area (Å²) in [4.78, 5) is 7.21. The number of nitrogens with zero attached hydrogens (tertiary/aromatic N) is 2. The van der Waals surface area contributed by atoms with E-state index < -0.39 is 0 Å². The van der Waals surface area contributed by atoms with Crippen molar-refractivity contribution >= 4 is 17.1 Å². The Labute approximate surface area is 229 Å². The van der Waals surface area contributed by atoms with E-state index >= 15 is 0 Å². The fourth-order valence-electron chi connectivity index (χ4n) is 5.46. The molecule has 2 heterocycles. The van der Waals surface area contributed by atoms with Crippen LogP contribution >= 0.6 is 0 Å². The molecule has 0 bridgehead atoms. The van der Waals surface area contributed by atoms with Crippen molar-refractivity contribution < 1.29 is 0 Å². The monoisotopic (exact) mass is 501 g/mol. The Morgan fingerprint density at radius 3 is 1.59 bits per heavy atom. The van der Waals surface area contributed by atoms with Gasteiger partial charge in [-0.05, 0) is 64.2 Å². The molecule has 0 amide bonds. The second kappa shape index (κ2) is 9.96. The predicted octanol–water partition coefficient (Wildman–Crippen LogP) is 9.34.